The predicted molar refractivity (Wildman–Crippen MR) is 59.1 cm³/mol. The van der Waals surface area contributed by atoms with Crippen molar-refractivity contribution in [1.82, 2.24) is 9.97 Å². The first-order chi connectivity index (χ1) is 6.61. The largest absolute Gasteiger partial charge is 0.368 e. The van der Waals surface area contributed by atoms with Gasteiger partial charge in [-0.15, -0.1) is 6.58 Å². The summed E-state index contributed by atoms with van der Waals surface area (Å²) in [5, 5.41) is 3.22. The van der Waals surface area contributed by atoms with Gasteiger partial charge in [-0.05, 0) is 20.3 Å². The Morgan fingerprint density at radius 1 is 1.64 bits per heavy atom. The van der Waals surface area contributed by atoms with Crippen LogP contribution >= 0.6 is 0 Å². The van der Waals surface area contributed by atoms with Crippen molar-refractivity contribution < 1.29 is 0 Å². The minimum absolute atomic E-state index is 0.304. The summed E-state index contributed by atoms with van der Waals surface area (Å²) in [4.78, 5) is 8.07. The smallest absolute Gasteiger partial charge is 0.222 e. The van der Waals surface area contributed by atoms with E-state index in [1.165, 1.54) is 0 Å². The molecule has 76 valence electrons. The molecule has 1 heterocycles. The van der Waals surface area contributed by atoms with Crippen LogP contribution in [0.25, 0.3) is 0 Å². The molecule has 1 aromatic rings. The van der Waals surface area contributed by atoms with Crippen LogP contribution in [0.5, 0.6) is 0 Å². The quantitative estimate of drug-likeness (QED) is 0.713. The highest BCUT2D eigenvalue weighted by atomic mass is 15.1. The van der Waals surface area contributed by atoms with Crippen LogP contribution in [0.4, 0.5) is 11.8 Å². The minimum Gasteiger partial charge on any atom is -0.368 e. The summed E-state index contributed by atoms with van der Waals surface area (Å²) in [6, 6.07) is 2.18. The van der Waals surface area contributed by atoms with Gasteiger partial charge in [0.25, 0.3) is 0 Å². The third-order valence-electron chi connectivity index (χ3n) is 1.79. The van der Waals surface area contributed by atoms with Gasteiger partial charge >= 0.3 is 0 Å². The zero-order valence-corrected chi connectivity index (χ0v) is 8.62. The number of nitrogen functional groups attached to an aromatic ring is 1. The molecule has 0 spiro atoms. The van der Waals surface area contributed by atoms with Crippen LogP contribution in [0.1, 0.15) is 19.0 Å². The highest BCUT2D eigenvalue weighted by Gasteiger charge is 2.02. The Bertz CT molecular complexity index is 302. The van der Waals surface area contributed by atoms with Crippen molar-refractivity contribution in [1.29, 1.82) is 0 Å². The third kappa shape index (κ3) is 3.05. The Hall–Kier alpha value is -1.58. The van der Waals surface area contributed by atoms with E-state index in [-0.39, 0.29) is 0 Å². The molecule has 0 aliphatic heterocycles. The predicted octanol–water partition coefficient (Wildman–Crippen LogP) is 1.74. The van der Waals surface area contributed by atoms with Gasteiger partial charge < -0.3 is 11.1 Å². The minimum atomic E-state index is 0.304. The standard InChI is InChI=1S/C10H16N4/c1-4-5-7(2)12-9-6-8(3)13-10(11)14-9/h4,6-7H,1,5H2,2-3H3,(H3,11,12,13,14). The monoisotopic (exact) mass is 192 g/mol. The molecule has 1 aromatic heterocycles. The van der Waals surface area contributed by atoms with Gasteiger partial charge in [0, 0.05) is 17.8 Å². The molecule has 0 aliphatic carbocycles. The van der Waals surface area contributed by atoms with Crippen molar-refractivity contribution in [3.8, 4) is 0 Å². The molecule has 0 radical (unpaired) electrons. The number of aromatic nitrogens is 2. The van der Waals surface area contributed by atoms with Crippen LogP contribution in [-0.2, 0) is 0 Å². The Morgan fingerprint density at radius 3 is 2.93 bits per heavy atom. The normalized spacial score (nSPS) is 12.1. The van der Waals surface area contributed by atoms with E-state index >= 15 is 0 Å². The number of hydrogen-bond donors (Lipinski definition) is 2. The Morgan fingerprint density at radius 2 is 2.36 bits per heavy atom. The van der Waals surface area contributed by atoms with Gasteiger partial charge in [-0.2, -0.15) is 4.98 Å². The molecule has 1 rings (SSSR count). The lowest BCUT2D eigenvalue weighted by Crippen LogP contribution is -2.15. The zero-order valence-electron chi connectivity index (χ0n) is 8.62. The second kappa shape index (κ2) is 4.60. The number of aryl methyl sites for hydroxylation is 1. The molecule has 0 aromatic carbocycles. The van der Waals surface area contributed by atoms with Crippen molar-refractivity contribution in [3.63, 3.8) is 0 Å². The van der Waals surface area contributed by atoms with Crippen molar-refractivity contribution in [2.24, 2.45) is 0 Å². The summed E-state index contributed by atoms with van der Waals surface area (Å²) < 4.78 is 0. The van der Waals surface area contributed by atoms with Crippen LogP contribution in [0.3, 0.4) is 0 Å². The molecule has 1 unspecified atom stereocenters. The maximum Gasteiger partial charge on any atom is 0.222 e. The van der Waals surface area contributed by atoms with Crippen molar-refractivity contribution in [3.05, 3.63) is 24.4 Å². The van der Waals surface area contributed by atoms with Gasteiger partial charge in [0.05, 0.1) is 0 Å². The van der Waals surface area contributed by atoms with Crippen LogP contribution in [0, 0.1) is 6.92 Å². The van der Waals surface area contributed by atoms with Gasteiger partial charge in [-0.3, -0.25) is 0 Å². The van der Waals surface area contributed by atoms with E-state index < -0.39 is 0 Å². The maximum atomic E-state index is 5.53. The lowest BCUT2D eigenvalue weighted by molar-refractivity contribution is 0.806. The maximum absolute atomic E-state index is 5.53. The Balaban J connectivity index is 2.71. The first kappa shape index (κ1) is 10.5. The van der Waals surface area contributed by atoms with Crippen LogP contribution in [0.15, 0.2) is 18.7 Å². The molecule has 0 bridgehead atoms. The fourth-order valence-corrected chi connectivity index (χ4v) is 1.23. The molecule has 4 heteroatoms. The highest BCUT2D eigenvalue weighted by Crippen LogP contribution is 2.09. The molecule has 3 N–H and O–H groups in total. The van der Waals surface area contributed by atoms with Gasteiger partial charge in [-0.1, -0.05) is 6.08 Å². The molecule has 4 nitrogen and oxygen atoms in total. The third-order valence-corrected chi connectivity index (χ3v) is 1.79. The van der Waals surface area contributed by atoms with Crippen LogP contribution in [0.2, 0.25) is 0 Å². The molecule has 0 amide bonds. The van der Waals surface area contributed by atoms with E-state index in [2.05, 4.69) is 28.8 Å². The first-order valence-corrected chi connectivity index (χ1v) is 4.60. The number of nitrogens with one attached hydrogen (secondary N) is 1. The molecule has 0 saturated carbocycles. The van der Waals surface area contributed by atoms with Crippen molar-refractivity contribution >= 4 is 11.8 Å². The summed E-state index contributed by atoms with van der Waals surface area (Å²) in [6.45, 7) is 7.64. The summed E-state index contributed by atoms with van der Waals surface area (Å²) in [7, 11) is 0. The fourth-order valence-electron chi connectivity index (χ4n) is 1.23. The number of nitrogens with zero attached hydrogens (tertiary/aromatic N) is 2. The summed E-state index contributed by atoms with van der Waals surface area (Å²) >= 11 is 0. The average molecular weight is 192 g/mol. The number of hydrogen-bond acceptors (Lipinski definition) is 4. The van der Waals surface area contributed by atoms with E-state index in [1.807, 2.05) is 19.1 Å². The second-order valence-corrected chi connectivity index (χ2v) is 3.32. The fraction of sp³-hybridized carbons (Fsp3) is 0.400. The van der Waals surface area contributed by atoms with E-state index in [1.54, 1.807) is 0 Å². The first-order valence-electron chi connectivity index (χ1n) is 4.60. The molecule has 1 atom stereocenters. The molecule has 0 fully saturated rings. The molecular formula is C10H16N4. The SMILES string of the molecule is C=CCC(C)Nc1cc(C)nc(N)n1. The highest BCUT2D eigenvalue weighted by molar-refractivity contribution is 5.40. The summed E-state index contributed by atoms with van der Waals surface area (Å²) in [6.07, 6.45) is 2.76. The van der Waals surface area contributed by atoms with Crippen molar-refractivity contribution in [2.45, 2.75) is 26.3 Å². The summed E-state index contributed by atoms with van der Waals surface area (Å²) in [5.41, 5.74) is 6.39. The van der Waals surface area contributed by atoms with Gasteiger partial charge in [0.15, 0.2) is 0 Å². The van der Waals surface area contributed by atoms with E-state index in [0.29, 0.717) is 12.0 Å². The van der Waals surface area contributed by atoms with Crippen LogP contribution in [-0.4, -0.2) is 16.0 Å². The Kier molecular flexibility index (Phi) is 3.45. The van der Waals surface area contributed by atoms with Crippen molar-refractivity contribution in [2.75, 3.05) is 11.1 Å². The van der Waals surface area contributed by atoms with Gasteiger partial charge in [-0.25, -0.2) is 4.98 Å². The topological polar surface area (TPSA) is 63.8 Å². The van der Waals surface area contributed by atoms with E-state index in [9.17, 15) is 0 Å². The van der Waals surface area contributed by atoms with Gasteiger partial charge in [0.1, 0.15) is 5.82 Å². The zero-order chi connectivity index (χ0) is 10.6. The van der Waals surface area contributed by atoms with E-state index in [4.69, 9.17) is 5.73 Å². The second-order valence-electron chi connectivity index (χ2n) is 3.32. The lowest BCUT2D eigenvalue weighted by Gasteiger charge is -2.12. The summed E-state index contributed by atoms with van der Waals surface area (Å²) in [5.74, 6) is 1.07. The van der Waals surface area contributed by atoms with E-state index in [0.717, 1.165) is 17.9 Å². The molecular weight excluding hydrogens is 176 g/mol. The molecule has 0 aliphatic rings. The Labute approximate surface area is 84.3 Å². The number of nitrogens with two attached hydrogens (primary N) is 1. The molecule has 0 saturated heterocycles. The van der Waals surface area contributed by atoms with Gasteiger partial charge in [0.2, 0.25) is 5.95 Å². The number of rotatable bonds is 4. The average Bonchev–Trinajstić information content (AvgIpc) is 2.01. The number of anilines is 2. The lowest BCUT2D eigenvalue weighted by atomic mass is 10.2. The molecule has 14 heavy (non-hydrogen) atoms. The van der Waals surface area contributed by atoms with Crippen LogP contribution < -0.4 is 11.1 Å².